The second-order valence-corrected chi connectivity index (χ2v) is 3.60. The molecule has 1 aromatic rings. The van der Waals surface area contributed by atoms with Gasteiger partial charge in [0, 0.05) is 18.7 Å². The Kier molecular flexibility index (Phi) is 4.84. The summed E-state index contributed by atoms with van der Waals surface area (Å²) in [5.41, 5.74) is 0.991. The van der Waals surface area contributed by atoms with Crippen molar-refractivity contribution in [1.82, 2.24) is 10.3 Å². The van der Waals surface area contributed by atoms with Crippen LogP contribution in [0.5, 0.6) is 5.88 Å². The summed E-state index contributed by atoms with van der Waals surface area (Å²) in [6.07, 6.45) is 1.71. The van der Waals surface area contributed by atoms with Crippen LogP contribution in [0, 0.1) is 0 Å². The van der Waals surface area contributed by atoms with E-state index in [1.807, 2.05) is 18.2 Å². The van der Waals surface area contributed by atoms with Crippen molar-refractivity contribution >= 4 is 0 Å². The van der Waals surface area contributed by atoms with E-state index < -0.39 is 0 Å². The van der Waals surface area contributed by atoms with E-state index >= 15 is 0 Å². The molecule has 0 saturated heterocycles. The van der Waals surface area contributed by atoms with Crippen LogP contribution in [0.15, 0.2) is 30.9 Å². The molecule has 0 saturated carbocycles. The van der Waals surface area contributed by atoms with E-state index in [0.717, 1.165) is 12.2 Å². The lowest BCUT2D eigenvalue weighted by molar-refractivity contribution is 0.347. The molecule has 0 atom stereocenters. The molecule has 0 aromatic carbocycles. The Balaban J connectivity index is 2.53. The Morgan fingerprint density at radius 2 is 2.33 bits per heavy atom. The van der Waals surface area contributed by atoms with E-state index in [2.05, 4.69) is 30.7 Å². The molecule has 0 aliphatic heterocycles. The zero-order valence-corrected chi connectivity index (χ0v) is 9.36. The van der Waals surface area contributed by atoms with Gasteiger partial charge >= 0.3 is 0 Å². The Bertz CT molecular complexity index is 310. The van der Waals surface area contributed by atoms with Crippen molar-refractivity contribution in [3.05, 3.63) is 36.5 Å². The summed E-state index contributed by atoms with van der Waals surface area (Å²) in [6.45, 7) is 9.07. The number of hydrogen-bond acceptors (Lipinski definition) is 3. The van der Waals surface area contributed by atoms with Gasteiger partial charge in [0.15, 0.2) is 0 Å². The number of nitrogens with one attached hydrogen (secondary N) is 1. The molecule has 1 rings (SSSR count). The van der Waals surface area contributed by atoms with E-state index in [0.29, 0.717) is 18.5 Å². The summed E-state index contributed by atoms with van der Waals surface area (Å²) in [5, 5.41) is 3.31. The highest BCUT2D eigenvalue weighted by atomic mass is 16.5. The first kappa shape index (κ1) is 11.7. The van der Waals surface area contributed by atoms with Crippen LogP contribution >= 0.6 is 0 Å². The van der Waals surface area contributed by atoms with Crippen molar-refractivity contribution in [2.24, 2.45) is 0 Å². The van der Waals surface area contributed by atoms with Gasteiger partial charge in [-0.2, -0.15) is 0 Å². The second-order valence-electron chi connectivity index (χ2n) is 3.60. The molecule has 1 N–H and O–H groups in total. The van der Waals surface area contributed by atoms with Gasteiger partial charge in [-0.15, -0.1) is 0 Å². The smallest absolute Gasteiger partial charge is 0.213 e. The van der Waals surface area contributed by atoms with Gasteiger partial charge in [-0.1, -0.05) is 32.6 Å². The molecule has 3 nitrogen and oxygen atoms in total. The summed E-state index contributed by atoms with van der Waals surface area (Å²) in [6, 6.07) is 6.24. The minimum Gasteiger partial charge on any atom is -0.473 e. The maximum absolute atomic E-state index is 5.35. The fourth-order valence-electron chi connectivity index (χ4n) is 1.09. The van der Waals surface area contributed by atoms with E-state index in [1.54, 1.807) is 6.08 Å². The molecule has 0 radical (unpaired) electrons. The van der Waals surface area contributed by atoms with Crippen LogP contribution in [-0.2, 0) is 6.54 Å². The lowest BCUT2D eigenvalue weighted by Crippen LogP contribution is -2.22. The van der Waals surface area contributed by atoms with E-state index in [1.165, 1.54) is 0 Å². The highest BCUT2D eigenvalue weighted by Crippen LogP contribution is 2.07. The van der Waals surface area contributed by atoms with Gasteiger partial charge in [0.25, 0.3) is 0 Å². The number of ether oxygens (including phenoxy) is 1. The summed E-state index contributed by atoms with van der Waals surface area (Å²) in [7, 11) is 0. The Morgan fingerprint density at radius 1 is 1.53 bits per heavy atom. The average molecular weight is 206 g/mol. The minimum absolute atomic E-state index is 0.463. The first-order valence-electron chi connectivity index (χ1n) is 5.15. The SMILES string of the molecule is C=CCOc1cccc(CNC(C)C)n1. The average Bonchev–Trinajstić information content (AvgIpc) is 2.24. The van der Waals surface area contributed by atoms with Crippen molar-refractivity contribution in [2.75, 3.05) is 6.61 Å². The van der Waals surface area contributed by atoms with Crippen LogP contribution in [0.1, 0.15) is 19.5 Å². The Labute approximate surface area is 91.2 Å². The number of rotatable bonds is 6. The summed E-state index contributed by atoms with van der Waals surface area (Å²) >= 11 is 0. The molecule has 0 aliphatic carbocycles. The van der Waals surface area contributed by atoms with Crippen molar-refractivity contribution in [2.45, 2.75) is 26.4 Å². The number of aromatic nitrogens is 1. The number of pyridine rings is 1. The fraction of sp³-hybridized carbons (Fsp3) is 0.417. The van der Waals surface area contributed by atoms with Gasteiger partial charge in [0.2, 0.25) is 5.88 Å². The topological polar surface area (TPSA) is 34.1 Å². The lowest BCUT2D eigenvalue weighted by atomic mass is 10.3. The third-order valence-corrected chi connectivity index (χ3v) is 1.82. The van der Waals surface area contributed by atoms with Crippen molar-refractivity contribution < 1.29 is 4.74 Å². The molecule has 0 fully saturated rings. The molecule has 0 aliphatic rings. The van der Waals surface area contributed by atoms with Crippen LogP contribution < -0.4 is 10.1 Å². The highest BCUT2D eigenvalue weighted by molar-refractivity contribution is 5.15. The monoisotopic (exact) mass is 206 g/mol. The van der Waals surface area contributed by atoms with Gasteiger partial charge in [-0.3, -0.25) is 0 Å². The van der Waals surface area contributed by atoms with Crippen LogP contribution in [0.2, 0.25) is 0 Å². The minimum atomic E-state index is 0.463. The molecule has 15 heavy (non-hydrogen) atoms. The predicted molar refractivity (Wildman–Crippen MR) is 61.9 cm³/mol. The summed E-state index contributed by atoms with van der Waals surface area (Å²) < 4.78 is 5.35. The zero-order valence-electron chi connectivity index (χ0n) is 9.36. The normalized spacial score (nSPS) is 10.3. The van der Waals surface area contributed by atoms with Crippen LogP contribution in [-0.4, -0.2) is 17.6 Å². The molecule has 0 unspecified atom stereocenters. The molecule has 1 heterocycles. The first-order valence-corrected chi connectivity index (χ1v) is 5.15. The zero-order chi connectivity index (χ0) is 11.1. The second kappa shape index (κ2) is 6.19. The van der Waals surface area contributed by atoms with Gasteiger partial charge in [0.05, 0.1) is 5.69 Å². The standard InChI is InChI=1S/C12H18N2O/c1-4-8-15-12-7-5-6-11(14-12)9-13-10(2)3/h4-7,10,13H,1,8-9H2,2-3H3. The quantitative estimate of drug-likeness (QED) is 0.724. The third-order valence-electron chi connectivity index (χ3n) is 1.82. The Hall–Kier alpha value is -1.35. The van der Waals surface area contributed by atoms with Crippen molar-refractivity contribution in [1.29, 1.82) is 0 Å². The van der Waals surface area contributed by atoms with Gasteiger partial charge in [-0.25, -0.2) is 4.98 Å². The molecular weight excluding hydrogens is 188 g/mol. The fourth-order valence-corrected chi connectivity index (χ4v) is 1.09. The van der Waals surface area contributed by atoms with Crippen molar-refractivity contribution in [3.63, 3.8) is 0 Å². The van der Waals surface area contributed by atoms with Crippen LogP contribution in [0.3, 0.4) is 0 Å². The van der Waals surface area contributed by atoms with E-state index in [9.17, 15) is 0 Å². The largest absolute Gasteiger partial charge is 0.473 e. The van der Waals surface area contributed by atoms with Gasteiger partial charge in [0.1, 0.15) is 6.61 Å². The summed E-state index contributed by atoms with van der Waals surface area (Å²) in [5.74, 6) is 0.651. The number of hydrogen-bond donors (Lipinski definition) is 1. The van der Waals surface area contributed by atoms with Gasteiger partial charge < -0.3 is 10.1 Å². The molecule has 82 valence electrons. The molecule has 0 amide bonds. The third kappa shape index (κ3) is 4.61. The summed E-state index contributed by atoms with van der Waals surface area (Å²) in [4.78, 5) is 4.35. The molecule has 0 bridgehead atoms. The predicted octanol–water partition coefficient (Wildman–Crippen LogP) is 2.14. The highest BCUT2D eigenvalue weighted by Gasteiger charge is 1.99. The molecule has 0 spiro atoms. The van der Waals surface area contributed by atoms with E-state index in [4.69, 9.17) is 4.74 Å². The molecule has 1 aromatic heterocycles. The van der Waals surface area contributed by atoms with Crippen molar-refractivity contribution in [3.8, 4) is 5.88 Å². The lowest BCUT2D eigenvalue weighted by Gasteiger charge is -2.08. The van der Waals surface area contributed by atoms with Crippen LogP contribution in [0.4, 0.5) is 0 Å². The maximum atomic E-state index is 5.35. The van der Waals surface area contributed by atoms with Crippen LogP contribution in [0.25, 0.3) is 0 Å². The maximum Gasteiger partial charge on any atom is 0.213 e. The number of nitrogens with zero attached hydrogens (tertiary/aromatic N) is 1. The molecular formula is C12H18N2O. The van der Waals surface area contributed by atoms with Gasteiger partial charge in [-0.05, 0) is 6.07 Å². The molecule has 3 heteroatoms. The Morgan fingerprint density at radius 3 is 3.00 bits per heavy atom. The van der Waals surface area contributed by atoms with E-state index in [-0.39, 0.29) is 0 Å². The first-order chi connectivity index (χ1) is 7.22.